The standard InChI is InChI=1S/C14H18FNO2/c15-12-6-4-11(5-7-12)8-9-16-14(17)13-3-1-2-10-18-13/h4-7,13H,1-3,8-10H2,(H,16,17)/t13-/m0/s1. The van der Waals surface area contributed by atoms with Gasteiger partial charge in [0.1, 0.15) is 11.9 Å². The number of amides is 1. The average molecular weight is 251 g/mol. The Morgan fingerprint density at radius 3 is 2.78 bits per heavy atom. The van der Waals surface area contributed by atoms with E-state index in [2.05, 4.69) is 5.32 Å². The van der Waals surface area contributed by atoms with Crippen molar-refractivity contribution >= 4 is 5.91 Å². The molecule has 0 saturated carbocycles. The molecule has 0 bridgehead atoms. The molecule has 1 aromatic rings. The minimum Gasteiger partial charge on any atom is -0.368 e. The summed E-state index contributed by atoms with van der Waals surface area (Å²) < 4.78 is 18.1. The number of benzene rings is 1. The highest BCUT2D eigenvalue weighted by molar-refractivity contribution is 5.80. The van der Waals surface area contributed by atoms with Gasteiger partial charge in [-0.1, -0.05) is 12.1 Å². The van der Waals surface area contributed by atoms with Crippen LogP contribution in [0.5, 0.6) is 0 Å². The Balaban J connectivity index is 1.71. The highest BCUT2D eigenvalue weighted by Crippen LogP contribution is 2.12. The topological polar surface area (TPSA) is 38.3 Å². The van der Waals surface area contributed by atoms with E-state index in [-0.39, 0.29) is 17.8 Å². The third-order valence-electron chi connectivity index (χ3n) is 3.10. The van der Waals surface area contributed by atoms with E-state index in [9.17, 15) is 9.18 Å². The number of hydrogen-bond acceptors (Lipinski definition) is 2. The van der Waals surface area contributed by atoms with Crippen molar-refractivity contribution in [3.8, 4) is 0 Å². The third kappa shape index (κ3) is 3.81. The highest BCUT2D eigenvalue weighted by Gasteiger charge is 2.21. The first-order valence-electron chi connectivity index (χ1n) is 6.39. The Morgan fingerprint density at radius 1 is 1.33 bits per heavy atom. The van der Waals surface area contributed by atoms with Crippen molar-refractivity contribution in [2.45, 2.75) is 31.8 Å². The van der Waals surface area contributed by atoms with Gasteiger partial charge in [-0.15, -0.1) is 0 Å². The first-order chi connectivity index (χ1) is 8.75. The summed E-state index contributed by atoms with van der Waals surface area (Å²) in [6.07, 6.45) is 3.32. The molecule has 0 unspecified atom stereocenters. The van der Waals surface area contributed by atoms with Crippen molar-refractivity contribution < 1.29 is 13.9 Å². The zero-order valence-corrected chi connectivity index (χ0v) is 10.3. The second-order valence-electron chi connectivity index (χ2n) is 4.52. The largest absolute Gasteiger partial charge is 0.368 e. The molecule has 98 valence electrons. The van der Waals surface area contributed by atoms with E-state index < -0.39 is 0 Å². The van der Waals surface area contributed by atoms with Crippen molar-refractivity contribution in [3.05, 3.63) is 35.6 Å². The number of carbonyl (C=O) groups is 1. The van der Waals surface area contributed by atoms with Gasteiger partial charge in [-0.3, -0.25) is 4.79 Å². The zero-order valence-electron chi connectivity index (χ0n) is 10.3. The van der Waals surface area contributed by atoms with E-state index in [0.29, 0.717) is 19.6 Å². The van der Waals surface area contributed by atoms with Gasteiger partial charge in [0.25, 0.3) is 0 Å². The third-order valence-corrected chi connectivity index (χ3v) is 3.10. The van der Waals surface area contributed by atoms with E-state index in [4.69, 9.17) is 4.74 Å². The van der Waals surface area contributed by atoms with Crippen LogP contribution in [0.15, 0.2) is 24.3 Å². The molecule has 1 aromatic carbocycles. The normalized spacial score (nSPS) is 19.5. The lowest BCUT2D eigenvalue weighted by Gasteiger charge is -2.21. The molecular formula is C14H18FNO2. The van der Waals surface area contributed by atoms with Gasteiger partial charge in [0.2, 0.25) is 5.91 Å². The van der Waals surface area contributed by atoms with E-state index >= 15 is 0 Å². The molecule has 1 saturated heterocycles. The number of rotatable bonds is 4. The van der Waals surface area contributed by atoms with Gasteiger partial charge in [0.05, 0.1) is 0 Å². The summed E-state index contributed by atoms with van der Waals surface area (Å²) in [7, 11) is 0. The fourth-order valence-corrected chi connectivity index (χ4v) is 2.04. The molecule has 18 heavy (non-hydrogen) atoms. The number of ether oxygens (including phenoxy) is 1. The summed E-state index contributed by atoms with van der Waals surface area (Å²) in [5.74, 6) is -0.268. The van der Waals surface area contributed by atoms with Gasteiger partial charge >= 0.3 is 0 Å². The fraction of sp³-hybridized carbons (Fsp3) is 0.500. The lowest BCUT2D eigenvalue weighted by Crippen LogP contribution is -2.39. The van der Waals surface area contributed by atoms with E-state index in [1.807, 2.05) is 0 Å². The van der Waals surface area contributed by atoms with Crippen LogP contribution in [0.3, 0.4) is 0 Å². The average Bonchev–Trinajstić information content (AvgIpc) is 2.42. The molecular weight excluding hydrogens is 233 g/mol. The van der Waals surface area contributed by atoms with Crippen LogP contribution >= 0.6 is 0 Å². The molecule has 1 aliphatic heterocycles. The van der Waals surface area contributed by atoms with Crippen LogP contribution in [-0.2, 0) is 16.0 Å². The molecule has 1 aliphatic rings. The smallest absolute Gasteiger partial charge is 0.249 e. The van der Waals surface area contributed by atoms with Crippen molar-refractivity contribution in [2.75, 3.05) is 13.2 Å². The van der Waals surface area contributed by atoms with Crippen LogP contribution in [-0.4, -0.2) is 25.2 Å². The molecule has 3 nitrogen and oxygen atoms in total. The van der Waals surface area contributed by atoms with Crippen LogP contribution in [0.1, 0.15) is 24.8 Å². The van der Waals surface area contributed by atoms with Gasteiger partial charge < -0.3 is 10.1 Å². The second kappa shape index (κ2) is 6.50. The summed E-state index contributed by atoms with van der Waals surface area (Å²) in [5.41, 5.74) is 1.02. The Morgan fingerprint density at radius 2 is 2.11 bits per heavy atom. The number of hydrogen-bond donors (Lipinski definition) is 1. The summed E-state index contributed by atoms with van der Waals surface area (Å²) >= 11 is 0. The summed E-state index contributed by atoms with van der Waals surface area (Å²) in [6.45, 7) is 1.24. The van der Waals surface area contributed by atoms with E-state index in [1.165, 1.54) is 12.1 Å². The molecule has 0 aliphatic carbocycles. The molecule has 2 rings (SSSR count). The Hall–Kier alpha value is -1.42. The van der Waals surface area contributed by atoms with Crippen LogP contribution in [0.4, 0.5) is 4.39 Å². The molecule has 0 spiro atoms. The zero-order chi connectivity index (χ0) is 12.8. The lowest BCUT2D eigenvalue weighted by atomic mass is 10.1. The maximum Gasteiger partial charge on any atom is 0.249 e. The quantitative estimate of drug-likeness (QED) is 0.889. The van der Waals surface area contributed by atoms with Gasteiger partial charge in [-0.2, -0.15) is 0 Å². The second-order valence-corrected chi connectivity index (χ2v) is 4.52. The SMILES string of the molecule is O=C(NCCc1ccc(F)cc1)[C@@H]1CCCCO1. The molecule has 1 amide bonds. The van der Waals surface area contributed by atoms with Crippen LogP contribution in [0, 0.1) is 5.82 Å². The monoisotopic (exact) mass is 251 g/mol. The molecule has 4 heteroatoms. The number of halogens is 1. The molecule has 1 N–H and O–H groups in total. The lowest BCUT2D eigenvalue weighted by molar-refractivity contribution is -0.135. The predicted octanol–water partition coefficient (Wildman–Crippen LogP) is 2.05. The Bertz CT molecular complexity index is 385. The maximum absolute atomic E-state index is 12.7. The summed E-state index contributed by atoms with van der Waals surface area (Å²) in [5, 5.41) is 2.86. The fourth-order valence-electron chi connectivity index (χ4n) is 2.04. The predicted molar refractivity (Wildman–Crippen MR) is 66.7 cm³/mol. The molecule has 1 atom stereocenters. The maximum atomic E-state index is 12.7. The van der Waals surface area contributed by atoms with Gasteiger partial charge in [0, 0.05) is 13.2 Å². The minimum atomic E-state index is -0.285. The van der Waals surface area contributed by atoms with Crippen molar-refractivity contribution in [2.24, 2.45) is 0 Å². The Kier molecular flexibility index (Phi) is 4.70. The van der Waals surface area contributed by atoms with Gasteiger partial charge in [-0.25, -0.2) is 4.39 Å². The van der Waals surface area contributed by atoms with Crippen LogP contribution < -0.4 is 5.32 Å². The van der Waals surface area contributed by atoms with Crippen molar-refractivity contribution in [3.63, 3.8) is 0 Å². The first-order valence-corrected chi connectivity index (χ1v) is 6.39. The summed E-state index contributed by atoms with van der Waals surface area (Å²) in [6, 6.07) is 6.33. The molecule has 0 radical (unpaired) electrons. The van der Waals surface area contributed by atoms with Gasteiger partial charge in [-0.05, 0) is 43.4 Å². The first kappa shape index (κ1) is 13.0. The van der Waals surface area contributed by atoms with Gasteiger partial charge in [0.15, 0.2) is 0 Å². The molecule has 1 fully saturated rings. The highest BCUT2D eigenvalue weighted by atomic mass is 19.1. The summed E-state index contributed by atoms with van der Waals surface area (Å²) in [4.78, 5) is 11.7. The van der Waals surface area contributed by atoms with Crippen molar-refractivity contribution in [1.29, 1.82) is 0 Å². The van der Waals surface area contributed by atoms with Crippen molar-refractivity contribution in [1.82, 2.24) is 5.32 Å². The minimum absolute atomic E-state index is 0.0307. The molecule has 1 heterocycles. The van der Waals surface area contributed by atoms with Crippen LogP contribution in [0.25, 0.3) is 0 Å². The number of nitrogens with one attached hydrogen (secondary N) is 1. The van der Waals surface area contributed by atoms with E-state index in [1.54, 1.807) is 12.1 Å². The molecule has 0 aromatic heterocycles. The Labute approximate surface area is 106 Å². The number of carbonyl (C=O) groups excluding carboxylic acids is 1. The van der Waals surface area contributed by atoms with Crippen LogP contribution in [0.2, 0.25) is 0 Å². The van der Waals surface area contributed by atoms with E-state index in [0.717, 1.165) is 24.8 Å².